The molecule has 0 radical (unpaired) electrons. The van der Waals surface area contributed by atoms with E-state index in [1.165, 1.54) is 0 Å². The first-order valence-electron chi connectivity index (χ1n) is 8.51. The summed E-state index contributed by atoms with van der Waals surface area (Å²) in [5.41, 5.74) is 1.77. The fourth-order valence-corrected chi connectivity index (χ4v) is 6.30. The lowest BCUT2D eigenvalue weighted by Gasteiger charge is -2.27. The molecule has 7 atom stereocenters. The summed E-state index contributed by atoms with van der Waals surface area (Å²) in [7, 11) is -14.2. The zero-order valence-electron chi connectivity index (χ0n) is 17.1. The normalized spacial score (nSPS) is 31.0. The van der Waals surface area contributed by atoms with Gasteiger partial charge in [0.25, 0.3) is 0 Å². The van der Waals surface area contributed by atoms with E-state index < -0.39 is 71.4 Å². The second-order valence-corrected chi connectivity index (χ2v) is 11.6. The fraction of sp³-hybridized carbons (Fsp3) is 0.667. The Morgan fingerprint density at radius 1 is 1.24 bits per heavy atom. The van der Waals surface area contributed by atoms with Crippen LogP contribution in [-0.2, 0) is 40.6 Å². The van der Waals surface area contributed by atoms with E-state index in [9.17, 15) is 42.9 Å². The third-order valence-corrected chi connectivity index (χ3v) is 8.84. The van der Waals surface area contributed by atoms with Crippen LogP contribution in [0.5, 0.6) is 0 Å². The van der Waals surface area contributed by atoms with E-state index in [0.29, 0.717) is 25.0 Å². The van der Waals surface area contributed by atoms with Gasteiger partial charge < -0.3 is 30.5 Å². The van der Waals surface area contributed by atoms with E-state index in [1.54, 1.807) is 0 Å². The topological polar surface area (TPSA) is 248 Å². The number of ether oxygens (including phenoxy) is 1. The molecular weight excluding hydrogens is 522 g/mol. The molecule has 1 saturated heterocycles. The lowest BCUT2D eigenvalue weighted by molar-refractivity contribution is -0.0988. The minimum atomic E-state index is -5.39. The maximum atomic E-state index is 13.7. The van der Waals surface area contributed by atoms with Crippen molar-refractivity contribution in [3.63, 3.8) is 0 Å². The highest BCUT2D eigenvalue weighted by atomic mass is 31.3. The third kappa shape index (κ3) is 6.52. The van der Waals surface area contributed by atoms with Gasteiger partial charge in [0, 0.05) is 14.2 Å². The van der Waals surface area contributed by atoms with E-state index in [-0.39, 0.29) is 0 Å². The number of nitrogens with zero attached hydrogens (tertiary/aromatic N) is 2. The molecule has 1 aromatic rings. The van der Waals surface area contributed by atoms with Crippen molar-refractivity contribution in [2.24, 2.45) is 0 Å². The Labute approximate surface area is 184 Å². The molecule has 0 bridgehead atoms. The molecule has 21 heteroatoms. The Bertz CT molecular complexity index is 1080. The van der Waals surface area contributed by atoms with Gasteiger partial charge in [-0.15, -0.1) is 0 Å². The first-order chi connectivity index (χ1) is 15.0. The van der Waals surface area contributed by atoms with Crippen molar-refractivity contribution >= 4 is 29.3 Å². The zero-order chi connectivity index (χ0) is 25.4. The van der Waals surface area contributed by atoms with Crippen molar-refractivity contribution in [2.45, 2.75) is 31.0 Å². The summed E-state index contributed by atoms with van der Waals surface area (Å²) >= 11 is 0. The number of phosphoric acid groups is 3. The van der Waals surface area contributed by atoms with E-state index in [0.717, 1.165) is 6.92 Å². The molecule has 17 nitrogen and oxygen atoms in total. The van der Waals surface area contributed by atoms with Crippen LogP contribution in [-0.4, -0.2) is 68.2 Å². The van der Waals surface area contributed by atoms with Crippen molar-refractivity contribution in [3.8, 4) is 0 Å². The molecular formula is C12H21FN3O14P3. The summed E-state index contributed by atoms with van der Waals surface area (Å²) in [5.74, 6) is -1.86. The largest absolute Gasteiger partial charge is 0.492 e. The van der Waals surface area contributed by atoms with Crippen LogP contribution in [0.4, 0.5) is 10.2 Å². The average molecular weight is 543 g/mol. The molecule has 2 rings (SSSR count). The van der Waals surface area contributed by atoms with Gasteiger partial charge >= 0.3 is 29.2 Å². The van der Waals surface area contributed by atoms with Crippen molar-refractivity contribution in [1.29, 1.82) is 0 Å². The van der Waals surface area contributed by atoms with Gasteiger partial charge in [-0.3, -0.25) is 18.1 Å². The van der Waals surface area contributed by atoms with Gasteiger partial charge in [-0.25, -0.2) is 22.9 Å². The standard InChI is InChI=1S/C12H21FN3O14P3/c1-12(19)8(17)7(28-10(12)16-4-6(13)9(14)15-11(16)18)5-27-32(22,23)30-33(24,26-3)29-31(20,21)25-2/h4,7-8,10,17,19H,5H2,1-3H3,(H,20,21)(H,22,23)(H2,14,15,18)/t7-,8-,10-,12-,33?/m1/s1. The predicted molar refractivity (Wildman–Crippen MR) is 103 cm³/mol. The molecule has 1 fully saturated rings. The van der Waals surface area contributed by atoms with Crippen LogP contribution < -0.4 is 11.4 Å². The summed E-state index contributed by atoms with van der Waals surface area (Å²) in [6, 6.07) is 0. The Morgan fingerprint density at radius 3 is 2.36 bits per heavy atom. The van der Waals surface area contributed by atoms with Crippen molar-refractivity contribution in [2.75, 3.05) is 26.6 Å². The highest BCUT2D eigenvalue weighted by molar-refractivity contribution is 7.67. The van der Waals surface area contributed by atoms with Crippen LogP contribution in [0.1, 0.15) is 13.2 Å². The number of aliphatic hydroxyl groups excluding tert-OH is 1. The zero-order valence-corrected chi connectivity index (χ0v) is 19.8. The highest BCUT2D eigenvalue weighted by Gasteiger charge is 2.54. The fourth-order valence-electron chi connectivity index (χ4n) is 2.56. The third-order valence-electron chi connectivity index (χ3n) is 4.20. The Morgan fingerprint density at radius 2 is 1.82 bits per heavy atom. The van der Waals surface area contributed by atoms with Crippen LogP contribution in [0.3, 0.4) is 0 Å². The summed E-state index contributed by atoms with van der Waals surface area (Å²) in [6.07, 6.45) is -4.70. The maximum Gasteiger partial charge on any atom is 0.492 e. The van der Waals surface area contributed by atoms with E-state index >= 15 is 0 Å². The molecule has 1 aliphatic heterocycles. The second kappa shape index (κ2) is 9.87. The number of hydrogen-bond donors (Lipinski definition) is 5. The van der Waals surface area contributed by atoms with Crippen LogP contribution in [0, 0.1) is 5.82 Å². The van der Waals surface area contributed by atoms with E-state index in [1.807, 2.05) is 0 Å². The minimum Gasteiger partial charge on any atom is -0.387 e. The van der Waals surface area contributed by atoms with Gasteiger partial charge in [-0.05, 0) is 6.92 Å². The molecule has 0 saturated carbocycles. The summed E-state index contributed by atoms with van der Waals surface area (Å²) in [6.45, 7) is -0.0272. The number of aromatic nitrogens is 2. The van der Waals surface area contributed by atoms with Crippen molar-refractivity contribution in [1.82, 2.24) is 9.55 Å². The van der Waals surface area contributed by atoms with Crippen LogP contribution in [0.25, 0.3) is 0 Å². The molecule has 0 amide bonds. The molecule has 0 aliphatic carbocycles. The SMILES string of the molecule is COP(=O)(O)OP(=O)(OC)OP(=O)(O)OC[C@H]1O[C@@H](n2cc(F)c(N)nc2=O)[C@](C)(O)[C@@H]1O. The first-order valence-corrected chi connectivity index (χ1v) is 13.0. The number of nitrogens with two attached hydrogens (primary N) is 1. The van der Waals surface area contributed by atoms with E-state index in [4.69, 9.17) is 10.5 Å². The van der Waals surface area contributed by atoms with Crippen LogP contribution in [0.15, 0.2) is 11.0 Å². The number of halogens is 1. The Kier molecular flexibility index (Phi) is 8.42. The predicted octanol–water partition coefficient (Wildman–Crippen LogP) is -0.375. The molecule has 6 N–H and O–H groups in total. The van der Waals surface area contributed by atoms with E-state index in [2.05, 4.69) is 27.2 Å². The quantitative estimate of drug-likeness (QED) is 0.236. The lowest BCUT2D eigenvalue weighted by atomic mass is 9.96. The number of aliphatic hydroxyl groups is 2. The Balaban J connectivity index is 2.17. The molecule has 0 spiro atoms. The molecule has 1 aromatic heterocycles. The van der Waals surface area contributed by atoms with Crippen LogP contribution in [0.2, 0.25) is 0 Å². The first kappa shape index (κ1) is 28.1. The number of nitrogen functional groups attached to an aromatic ring is 1. The summed E-state index contributed by atoms with van der Waals surface area (Å²) in [4.78, 5) is 34.2. The second-order valence-electron chi connectivity index (χ2n) is 6.57. The summed E-state index contributed by atoms with van der Waals surface area (Å²) in [5, 5.41) is 20.9. The summed E-state index contributed by atoms with van der Waals surface area (Å²) < 4.78 is 76.2. The number of rotatable bonds is 10. The van der Waals surface area contributed by atoms with Gasteiger partial charge in [-0.1, -0.05) is 0 Å². The lowest BCUT2D eigenvalue weighted by Crippen LogP contribution is -2.46. The number of phosphoric ester groups is 2. The minimum absolute atomic E-state index is 0.487. The maximum absolute atomic E-state index is 13.7. The smallest absolute Gasteiger partial charge is 0.387 e. The van der Waals surface area contributed by atoms with Gasteiger partial charge in [0.15, 0.2) is 17.9 Å². The monoisotopic (exact) mass is 543 g/mol. The van der Waals surface area contributed by atoms with Crippen LogP contribution >= 0.6 is 23.5 Å². The van der Waals surface area contributed by atoms with Crippen molar-refractivity contribution < 1.29 is 65.0 Å². The molecule has 3 unspecified atom stereocenters. The number of anilines is 1. The van der Waals surface area contributed by atoms with Gasteiger partial charge in [0.1, 0.15) is 17.8 Å². The van der Waals surface area contributed by atoms with Gasteiger partial charge in [0.2, 0.25) is 0 Å². The highest BCUT2D eigenvalue weighted by Crippen LogP contribution is 2.69. The molecule has 190 valence electrons. The molecule has 0 aromatic carbocycles. The Hall–Kier alpha value is -1.10. The van der Waals surface area contributed by atoms with Gasteiger partial charge in [0.05, 0.1) is 12.8 Å². The van der Waals surface area contributed by atoms with Crippen molar-refractivity contribution in [3.05, 3.63) is 22.5 Å². The molecule has 2 heterocycles. The van der Waals surface area contributed by atoms with Gasteiger partial charge in [-0.2, -0.15) is 13.6 Å². The average Bonchev–Trinajstić information content (AvgIpc) is 2.91. The number of hydrogen-bond acceptors (Lipinski definition) is 14. The molecule has 1 aliphatic rings. The molecule has 33 heavy (non-hydrogen) atoms.